The number of H-pyrrole nitrogens is 1. The van der Waals surface area contributed by atoms with E-state index in [1.807, 2.05) is 65.6 Å². The van der Waals surface area contributed by atoms with Crippen LogP contribution in [0, 0.1) is 10.1 Å². The van der Waals surface area contributed by atoms with Crippen LogP contribution in [0.3, 0.4) is 0 Å². The Labute approximate surface area is 248 Å². The molecule has 4 aromatic rings. The number of aromatic amines is 1. The van der Waals surface area contributed by atoms with Gasteiger partial charge in [-0.15, -0.1) is 0 Å². The number of rotatable bonds is 10. The molecule has 10 heteroatoms. The van der Waals surface area contributed by atoms with Gasteiger partial charge in [-0.1, -0.05) is 42.5 Å². The molecule has 0 bridgehead atoms. The number of nitrogens with one attached hydrogen (secondary N) is 3. The average Bonchev–Trinajstić information content (AvgIpc) is 3.76. The molecule has 0 saturated carbocycles. The second-order valence-electron chi connectivity index (χ2n) is 10.6. The van der Waals surface area contributed by atoms with Gasteiger partial charge in [0, 0.05) is 54.8 Å². The van der Waals surface area contributed by atoms with Gasteiger partial charge >= 0.3 is 0 Å². The first kappa shape index (κ1) is 27.6. The number of carbonyl (C=O) groups excluding carboxylic acids is 2. The third-order valence-corrected chi connectivity index (χ3v) is 7.66. The first-order valence-electron chi connectivity index (χ1n) is 14.2. The van der Waals surface area contributed by atoms with Crippen LogP contribution in [0.15, 0.2) is 79.3 Å². The number of nitro benzene ring substituents is 1. The molecule has 216 valence electrons. The van der Waals surface area contributed by atoms with E-state index in [9.17, 15) is 19.7 Å². The number of anilines is 2. The van der Waals surface area contributed by atoms with Gasteiger partial charge in [-0.05, 0) is 60.2 Å². The summed E-state index contributed by atoms with van der Waals surface area (Å²) in [4.78, 5) is 45.3. The van der Waals surface area contributed by atoms with Gasteiger partial charge < -0.3 is 20.5 Å². The Morgan fingerprint density at radius 2 is 1.86 bits per heavy atom. The normalized spacial score (nSPS) is 15.6. The highest BCUT2D eigenvalue weighted by molar-refractivity contribution is 6.37. The first-order chi connectivity index (χ1) is 20.9. The Kier molecular flexibility index (Phi) is 7.82. The van der Waals surface area contributed by atoms with Crippen LogP contribution in [0.2, 0.25) is 0 Å². The molecular formula is C33H30N6O4. The van der Waals surface area contributed by atoms with Crippen LogP contribution in [-0.4, -0.2) is 44.7 Å². The van der Waals surface area contributed by atoms with E-state index in [1.165, 1.54) is 12.1 Å². The summed E-state index contributed by atoms with van der Waals surface area (Å²) in [5.74, 6) is -0.106. The molecule has 2 amide bonds. The molecule has 0 atom stereocenters. The maximum absolute atomic E-state index is 13.3. The van der Waals surface area contributed by atoms with Crippen molar-refractivity contribution >= 4 is 52.3 Å². The van der Waals surface area contributed by atoms with Crippen molar-refractivity contribution in [2.24, 2.45) is 0 Å². The summed E-state index contributed by atoms with van der Waals surface area (Å²) < 4.78 is 0. The number of aryl methyl sites for hydroxylation is 1. The lowest BCUT2D eigenvalue weighted by atomic mass is 9.98. The third kappa shape index (κ3) is 6.23. The fourth-order valence-electron chi connectivity index (χ4n) is 5.41. The molecule has 1 aromatic heterocycles. The molecule has 2 aliphatic rings. The molecule has 43 heavy (non-hydrogen) atoms. The summed E-state index contributed by atoms with van der Waals surface area (Å²) in [5, 5.41) is 17.8. The zero-order valence-electron chi connectivity index (χ0n) is 23.4. The van der Waals surface area contributed by atoms with Crippen molar-refractivity contribution in [2.45, 2.75) is 25.7 Å². The third-order valence-electron chi connectivity index (χ3n) is 7.66. The molecule has 10 nitrogen and oxygen atoms in total. The Bertz CT molecular complexity index is 1720. The minimum Gasteiger partial charge on any atom is -0.354 e. The van der Waals surface area contributed by atoms with Gasteiger partial charge in [0.1, 0.15) is 0 Å². The van der Waals surface area contributed by atoms with E-state index >= 15 is 0 Å². The highest BCUT2D eigenvalue weighted by Gasteiger charge is 2.30. The number of benzene rings is 3. The lowest BCUT2D eigenvalue weighted by Gasteiger charge is -2.16. The largest absolute Gasteiger partial charge is 0.354 e. The van der Waals surface area contributed by atoms with Crippen LogP contribution in [0.5, 0.6) is 0 Å². The lowest BCUT2D eigenvalue weighted by molar-refractivity contribution is -0.384. The minimum absolute atomic E-state index is 0.0908. The van der Waals surface area contributed by atoms with Gasteiger partial charge in [0.05, 0.1) is 28.2 Å². The van der Waals surface area contributed by atoms with Gasteiger partial charge in [0.25, 0.3) is 11.6 Å². The zero-order valence-corrected chi connectivity index (χ0v) is 23.4. The van der Waals surface area contributed by atoms with Crippen molar-refractivity contribution in [3.63, 3.8) is 0 Å². The molecule has 0 unspecified atom stereocenters. The molecule has 6 rings (SSSR count). The second-order valence-corrected chi connectivity index (χ2v) is 10.6. The standard InChI is InChI=1S/C33H30N6O4/c40-30-4-2-18-38(30)17-1-3-22-5-10-24(11-6-22)32(31-28-19-27(39(42)43)15-16-29(28)37-33(31)41)36-25-12-7-23(8-13-25)9-14-26-20-34-21-35-26/h5-16,19-21,36H,1-4,17-18H2,(H,34,35)(H,37,41). The molecule has 1 fully saturated rings. The van der Waals surface area contributed by atoms with Crippen LogP contribution in [-0.2, 0) is 16.0 Å². The van der Waals surface area contributed by atoms with Crippen molar-refractivity contribution in [1.82, 2.24) is 14.9 Å². The van der Waals surface area contributed by atoms with E-state index in [1.54, 1.807) is 18.6 Å². The number of amides is 2. The summed E-state index contributed by atoms with van der Waals surface area (Å²) >= 11 is 0. The fourth-order valence-corrected chi connectivity index (χ4v) is 5.41. The van der Waals surface area contributed by atoms with Gasteiger partial charge in [-0.3, -0.25) is 19.7 Å². The quantitative estimate of drug-likeness (QED) is 0.121. The smallest absolute Gasteiger partial charge is 0.270 e. The molecule has 0 aliphatic carbocycles. The van der Waals surface area contributed by atoms with Crippen LogP contribution < -0.4 is 10.6 Å². The Hall–Kier alpha value is -5.51. The highest BCUT2D eigenvalue weighted by atomic mass is 16.6. The first-order valence-corrected chi connectivity index (χ1v) is 14.2. The van der Waals surface area contributed by atoms with Crippen LogP contribution >= 0.6 is 0 Å². The van der Waals surface area contributed by atoms with E-state index in [0.29, 0.717) is 28.9 Å². The van der Waals surface area contributed by atoms with Crippen LogP contribution in [0.25, 0.3) is 23.4 Å². The number of aromatic nitrogens is 2. The van der Waals surface area contributed by atoms with Crippen molar-refractivity contribution in [3.8, 4) is 0 Å². The maximum atomic E-state index is 13.3. The van der Waals surface area contributed by atoms with Gasteiger partial charge in [0.15, 0.2) is 0 Å². The van der Waals surface area contributed by atoms with Gasteiger partial charge in [-0.2, -0.15) is 0 Å². The molecule has 3 N–H and O–H groups in total. The number of imidazole rings is 1. The number of fused-ring (bicyclic) bond motifs is 1. The Morgan fingerprint density at radius 1 is 1.05 bits per heavy atom. The summed E-state index contributed by atoms with van der Waals surface area (Å²) in [6.07, 6.45) is 10.6. The maximum Gasteiger partial charge on any atom is 0.270 e. The molecule has 3 aromatic carbocycles. The zero-order chi connectivity index (χ0) is 29.8. The molecule has 2 aliphatic heterocycles. The number of hydrogen-bond acceptors (Lipinski definition) is 6. The molecule has 3 heterocycles. The summed E-state index contributed by atoms with van der Waals surface area (Å²) in [7, 11) is 0. The van der Waals surface area contributed by atoms with Crippen molar-refractivity contribution < 1.29 is 14.5 Å². The van der Waals surface area contributed by atoms with E-state index in [2.05, 4.69) is 20.6 Å². The highest BCUT2D eigenvalue weighted by Crippen LogP contribution is 2.39. The van der Waals surface area contributed by atoms with E-state index in [-0.39, 0.29) is 17.5 Å². The van der Waals surface area contributed by atoms with Crippen LogP contribution in [0.1, 0.15) is 47.2 Å². The number of nitrogens with zero attached hydrogens (tertiary/aromatic N) is 3. The second kappa shape index (κ2) is 12.2. The number of non-ortho nitro benzene ring substituents is 1. The minimum atomic E-state index is -0.465. The number of hydrogen-bond donors (Lipinski definition) is 3. The number of carbonyl (C=O) groups is 2. The van der Waals surface area contributed by atoms with Crippen molar-refractivity contribution in [3.05, 3.63) is 117 Å². The molecule has 0 radical (unpaired) electrons. The monoisotopic (exact) mass is 574 g/mol. The van der Waals surface area contributed by atoms with Crippen molar-refractivity contribution in [2.75, 3.05) is 23.7 Å². The van der Waals surface area contributed by atoms with E-state index in [4.69, 9.17) is 0 Å². The predicted octanol–water partition coefficient (Wildman–Crippen LogP) is 5.98. The summed E-state index contributed by atoms with van der Waals surface area (Å²) in [6.45, 7) is 1.59. The fraction of sp³-hybridized carbons (Fsp3) is 0.182. The summed E-state index contributed by atoms with van der Waals surface area (Å²) in [5.41, 5.74) is 6.23. The van der Waals surface area contributed by atoms with Gasteiger partial charge in [0.2, 0.25) is 5.91 Å². The Morgan fingerprint density at radius 3 is 2.56 bits per heavy atom. The van der Waals surface area contributed by atoms with Crippen molar-refractivity contribution in [1.29, 1.82) is 0 Å². The lowest BCUT2D eigenvalue weighted by Crippen LogP contribution is -2.25. The van der Waals surface area contributed by atoms with Gasteiger partial charge in [-0.25, -0.2) is 4.98 Å². The SMILES string of the molecule is O=C1Nc2ccc([N+](=O)[O-])cc2C1=C(Nc1ccc(C=Cc2c[nH]cn2)cc1)c1ccc(CCCN2CCCC2=O)cc1. The topological polar surface area (TPSA) is 133 Å². The Balaban J connectivity index is 1.29. The van der Waals surface area contributed by atoms with E-state index < -0.39 is 4.92 Å². The molecule has 0 spiro atoms. The van der Waals surface area contributed by atoms with Crippen LogP contribution in [0.4, 0.5) is 17.1 Å². The molecule has 1 saturated heterocycles. The average molecular weight is 575 g/mol. The predicted molar refractivity (Wildman–Crippen MR) is 167 cm³/mol. The van der Waals surface area contributed by atoms with E-state index in [0.717, 1.165) is 60.4 Å². The molecular weight excluding hydrogens is 544 g/mol. The summed E-state index contributed by atoms with van der Waals surface area (Å²) in [6, 6.07) is 20.1. The number of nitro groups is 1. The number of likely N-dealkylation sites (tertiary alicyclic amines) is 1.